The number of benzene rings is 1. The van der Waals surface area contributed by atoms with Gasteiger partial charge in [0.25, 0.3) is 0 Å². The lowest BCUT2D eigenvalue weighted by molar-refractivity contribution is 0.709. The van der Waals surface area contributed by atoms with Gasteiger partial charge in [0.05, 0.1) is 5.69 Å². The first-order valence-corrected chi connectivity index (χ1v) is 7.50. The number of rotatable bonds is 3. The SMILES string of the molecule is c1ccc(CNc2nc3c(s2)CCCCC3)cc1. The van der Waals surface area contributed by atoms with Gasteiger partial charge in [0.1, 0.15) is 0 Å². The van der Waals surface area contributed by atoms with E-state index >= 15 is 0 Å². The number of fused-ring (bicyclic) bond motifs is 1. The molecule has 0 atom stereocenters. The highest BCUT2D eigenvalue weighted by atomic mass is 32.1. The van der Waals surface area contributed by atoms with Gasteiger partial charge in [-0.05, 0) is 31.2 Å². The number of thiazole rings is 1. The van der Waals surface area contributed by atoms with E-state index in [4.69, 9.17) is 4.98 Å². The molecular formula is C15H18N2S. The normalized spacial score (nSPS) is 14.9. The number of nitrogens with zero attached hydrogens (tertiary/aromatic N) is 1. The van der Waals surface area contributed by atoms with Gasteiger partial charge in [0.2, 0.25) is 0 Å². The van der Waals surface area contributed by atoms with Crippen LogP contribution in [0.5, 0.6) is 0 Å². The van der Waals surface area contributed by atoms with E-state index in [1.54, 1.807) is 0 Å². The van der Waals surface area contributed by atoms with E-state index in [1.165, 1.54) is 48.2 Å². The molecule has 3 heteroatoms. The minimum absolute atomic E-state index is 0.868. The van der Waals surface area contributed by atoms with Crippen molar-refractivity contribution in [2.75, 3.05) is 5.32 Å². The van der Waals surface area contributed by atoms with Crippen LogP contribution in [-0.4, -0.2) is 4.98 Å². The molecule has 0 amide bonds. The molecule has 0 aliphatic heterocycles. The third kappa shape index (κ3) is 2.72. The molecular weight excluding hydrogens is 240 g/mol. The summed E-state index contributed by atoms with van der Waals surface area (Å²) >= 11 is 1.85. The first kappa shape index (κ1) is 11.7. The second-order valence-electron chi connectivity index (χ2n) is 4.79. The average molecular weight is 258 g/mol. The lowest BCUT2D eigenvalue weighted by Gasteiger charge is -2.02. The van der Waals surface area contributed by atoms with E-state index in [2.05, 4.69) is 35.6 Å². The van der Waals surface area contributed by atoms with Crippen LogP contribution >= 0.6 is 11.3 Å². The molecule has 0 saturated heterocycles. The van der Waals surface area contributed by atoms with Crippen molar-refractivity contribution in [2.45, 2.75) is 38.6 Å². The van der Waals surface area contributed by atoms with Crippen LogP contribution in [0.3, 0.4) is 0 Å². The topological polar surface area (TPSA) is 24.9 Å². The van der Waals surface area contributed by atoms with Crippen LogP contribution in [0.1, 0.15) is 35.4 Å². The number of hydrogen-bond acceptors (Lipinski definition) is 3. The highest BCUT2D eigenvalue weighted by Gasteiger charge is 2.13. The van der Waals surface area contributed by atoms with Crippen molar-refractivity contribution in [2.24, 2.45) is 0 Å². The molecule has 1 aromatic carbocycles. The second kappa shape index (κ2) is 5.53. The number of aryl methyl sites for hydroxylation is 2. The van der Waals surface area contributed by atoms with Gasteiger partial charge < -0.3 is 5.32 Å². The zero-order valence-electron chi connectivity index (χ0n) is 10.5. The van der Waals surface area contributed by atoms with E-state index < -0.39 is 0 Å². The van der Waals surface area contributed by atoms with Crippen LogP contribution in [0.4, 0.5) is 5.13 Å². The van der Waals surface area contributed by atoms with Crippen LogP contribution in [0.2, 0.25) is 0 Å². The van der Waals surface area contributed by atoms with Crippen LogP contribution in [-0.2, 0) is 19.4 Å². The van der Waals surface area contributed by atoms with Gasteiger partial charge in [-0.1, -0.05) is 36.8 Å². The van der Waals surface area contributed by atoms with Crippen molar-refractivity contribution >= 4 is 16.5 Å². The van der Waals surface area contributed by atoms with Gasteiger partial charge in [-0.25, -0.2) is 4.98 Å². The maximum Gasteiger partial charge on any atom is 0.183 e. The van der Waals surface area contributed by atoms with Crippen LogP contribution in [0.25, 0.3) is 0 Å². The molecule has 0 radical (unpaired) electrons. The molecule has 0 unspecified atom stereocenters. The van der Waals surface area contributed by atoms with Crippen molar-refractivity contribution in [1.29, 1.82) is 0 Å². The number of anilines is 1. The fraction of sp³-hybridized carbons (Fsp3) is 0.400. The maximum absolute atomic E-state index is 4.73. The predicted molar refractivity (Wildman–Crippen MR) is 77.1 cm³/mol. The molecule has 2 aromatic rings. The summed E-state index contributed by atoms with van der Waals surface area (Å²) in [5, 5.41) is 4.53. The van der Waals surface area contributed by atoms with Gasteiger partial charge in [0, 0.05) is 11.4 Å². The molecule has 94 valence electrons. The quantitative estimate of drug-likeness (QED) is 0.841. The van der Waals surface area contributed by atoms with E-state index in [0.717, 1.165) is 11.7 Å². The largest absolute Gasteiger partial charge is 0.357 e. The second-order valence-corrected chi connectivity index (χ2v) is 5.87. The Morgan fingerprint density at radius 2 is 1.89 bits per heavy atom. The zero-order chi connectivity index (χ0) is 12.2. The van der Waals surface area contributed by atoms with Crippen LogP contribution in [0, 0.1) is 0 Å². The minimum atomic E-state index is 0.868. The maximum atomic E-state index is 4.73. The van der Waals surface area contributed by atoms with Crippen molar-refractivity contribution in [3.63, 3.8) is 0 Å². The molecule has 0 saturated carbocycles. The number of aromatic nitrogens is 1. The van der Waals surface area contributed by atoms with E-state index in [0.29, 0.717) is 0 Å². The summed E-state index contributed by atoms with van der Waals surface area (Å²) in [5.74, 6) is 0. The van der Waals surface area contributed by atoms with Gasteiger partial charge >= 0.3 is 0 Å². The van der Waals surface area contributed by atoms with Gasteiger partial charge in [-0.3, -0.25) is 0 Å². The summed E-state index contributed by atoms with van der Waals surface area (Å²) in [4.78, 5) is 6.24. The summed E-state index contributed by atoms with van der Waals surface area (Å²) in [6.45, 7) is 0.868. The molecule has 0 spiro atoms. The molecule has 18 heavy (non-hydrogen) atoms. The Morgan fingerprint density at radius 3 is 2.78 bits per heavy atom. The molecule has 1 aliphatic rings. The third-order valence-electron chi connectivity index (χ3n) is 3.38. The smallest absolute Gasteiger partial charge is 0.183 e. The van der Waals surface area contributed by atoms with Gasteiger partial charge in [-0.2, -0.15) is 0 Å². The Bertz CT molecular complexity index is 481. The number of hydrogen-bond donors (Lipinski definition) is 1. The molecule has 1 aliphatic carbocycles. The van der Waals surface area contributed by atoms with Crippen molar-refractivity contribution in [3.05, 3.63) is 46.5 Å². The summed E-state index contributed by atoms with van der Waals surface area (Å²) in [5.41, 5.74) is 2.65. The van der Waals surface area contributed by atoms with Crippen LogP contribution in [0.15, 0.2) is 30.3 Å². The standard InChI is InChI=1S/C15H18N2S/c1-3-7-12(8-4-1)11-16-15-17-13-9-5-2-6-10-14(13)18-15/h1,3-4,7-8H,2,5-6,9-11H2,(H,16,17). The predicted octanol–water partition coefficient (Wildman–Crippen LogP) is 4.02. The van der Waals surface area contributed by atoms with Crippen LogP contribution < -0.4 is 5.32 Å². The van der Waals surface area contributed by atoms with Crippen molar-refractivity contribution < 1.29 is 0 Å². The first-order valence-electron chi connectivity index (χ1n) is 6.68. The number of nitrogens with one attached hydrogen (secondary N) is 1. The molecule has 2 nitrogen and oxygen atoms in total. The van der Waals surface area contributed by atoms with Gasteiger partial charge in [0.15, 0.2) is 5.13 Å². The summed E-state index contributed by atoms with van der Waals surface area (Å²) in [6, 6.07) is 10.5. The fourth-order valence-corrected chi connectivity index (χ4v) is 3.42. The first-order chi connectivity index (χ1) is 8.92. The van der Waals surface area contributed by atoms with Crippen molar-refractivity contribution in [1.82, 2.24) is 4.98 Å². The minimum Gasteiger partial charge on any atom is -0.357 e. The molecule has 3 rings (SSSR count). The molecule has 1 heterocycles. The molecule has 1 aromatic heterocycles. The van der Waals surface area contributed by atoms with E-state index in [1.807, 2.05) is 11.3 Å². The van der Waals surface area contributed by atoms with Gasteiger partial charge in [-0.15, -0.1) is 11.3 Å². The van der Waals surface area contributed by atoms with E-state index in [9.17, 15) is 0 Å². The highest BCUT2D eigenvalue weighted by molar-refractivity contribution is 7.15. The Balaban J connectivity index is 1.67. The molecule has 1 N–H and O–H groups in total. The Hall–Kier alpha value is -1.35. The summed E-state index contributed by atoms with van der Waals surface area (Å²) in [7, 11) is 0. The zero-order valence-corrected chi connectivity index (χ0v) is 11.3. The fourth-order valence-electron chi connectivity index (χ4n) is 2.38. The highest BCUT2D eigenvalue weighted by Crippen LogP contribution is 2.29. The Labute approximate surface area is 112 Å². The van der Waals surface area contributed by atoms with Crippen molar-refractivity contribution in [3.8, 4) is 0 Å². The lowest BCUT2D eigenvalue weighted by atomic mass is 10.2. The Morgan fingerprint density at radius 1 is 1.06 bits per heavy atom. The summed E-state index contributed by atoms with van der Waals surface area (Å²) in [6.07, 6.45) is 6.37. The monoisotopic (exact) mass is 258 g/mol. The average Bonchev–Trinajstić information content (AvgIpc) is 2.68. The molecule has 0 bridgehead atoms. The molecule has 0 fully saturated rings. The third-order valence-corrected chi connectivity index (χ3v) is 4.50. The van der Waals surface area contributed by atoms with E-state index in [-0.39, 0.29) is 0 Å². The summed E-state index contributed by atoms with van der Waals surface area (Å²) < 4.78 is 0. The lowest BCUT2D eigenvalue weighted by Crippen LogP contribution is -1.98. The Kier molecular flexibility index (Phi) is 3.60.